The molecule has 0 aliphatic heterocycles. The van der Waals surface area contributed by atoms with Crippen LogP contribution in [0.3, 0.4) is 0 Å². The third-order valence-corrected chi connectivity index (χ3v) is 4.40. The first-order valence-electron chi connectivity index (χ1n) is 7.64. The maximum absolute atomic E-state index is 11.6. The number of thiocarbonyl (C=S) groups is 1. The van der Waals surface area contributed by atoms with Gasteiger partial charge in [-0.1, -0.05) is 42.5 Å². The molecule has 1 aromatic carbocycles. The highest BCUT2D eigenvalue weighted by Gasteiger charge is 2.07. The Bertz CT molecular complexity index is 477. The van der Waals surface area contributed by atoms with Crippen LogP contribution in [-0.4, -0.2) is 56.2 Å². The molecule has 0 radical (unpaired) electrons. The molecule has 0 atom stereocenters. The molecule has 1 aromatic rings. The van der Waals surface area contributed by atoms with Gasteiger partial charge >= 0.3 is 5.97 Å². The molecule has 0 saturated heterocycles. The van der Waals surface area contributed by atoms with Crippen molar-refractivity contribution in [2.75, 3.05) is 39.8 Å². The van der Waals surface area contributed by atoms with Crippen molar-refractivity contribution in [2.24, 2.45) is 0 Å². The molecule has 24 heavy (non-hydrogen) atoms. The van der Waals surface area contributed by atoms with E-state index in [-0.39, 0.29) is 12.6 Å². The van der Waals surface area contributed by atoms with Gasteiger partial charge in [0, 0.05) is 26.4 Å². The molecule has 0 aliphatic carbocycles. The van der Waals surface area contributed by atoms with Gasteiger partial charge in [0.1, 0.15) is 6.61 Å². The van der Waals surface area contributed by atoms with Crippen LogP contribution in [-0.2, 0) is 30.2 Å². The zero-order chi connectivity index (χ0) is 17.6. The minimum Gasteiger partial charge on any atom is -0.463 e. The van der Waals surface area contributed by atoms with Crippen molar-refractivity contribution in [1.82, 2.24) is 0 Å². The standard InChI is InChI=1S/C17H24O5S2/c1-19-16(20-2)13-21-9-10-22-15(18)8-11-24-17(23)12-14-6-4-3-5-7-14/h3-7,16H,8-13H2,1-2H3. The van der Waals surface area contributed by atoms with E-state index in [9.17, 15) is 4.79 Å². The van der Waals surface area contributed by atoms with Gasteiger partial charge in [0.25, 0.3) is 0 Å². The summed E-state index contributed by atoms with van der Waals surface area (Å²) in [4.78, 5) is 11.6. The predicted octanol–water partition coefficient (Wildman–Crippen LogP) is 2.86. The number of thioether (sulfide) groups is 1. The van der Waals surface area contributed by atoms with Crippen LogP contribution >= 0.6 is 24.0 Å². The molecule has 1 rings (SSSR count). The van der Waals surface area contributed by atoms with E-state index in [1.807, 2.05) is 30.3 Å². The molecule has 0 bridgehead atoms. The Morgan fingerprint density at radius 2 is 1.88 bits per heavy atom. The molecule has 0 N–H and O–H groups in total. The highest BCUT2D eigenvalue weighted by Crippen LogP contribution is 2.12. The van der Waals surface area contributed by atoms with Gasteiger partial charge in [-0.3, -0.25) is 4.79 Å². The normalized spacial score (nSPS) is 10.8. The third-order valence-electron chi connectivity index (χ3n) is 3.03. The number of hydrogen-bond acceptors (Lipinski definition) is 7. The van der Waals surface area contributed by atoms with Crippen LogP contribution in [0.1, 0.15) is 12.0 Å². The molecule has 0 spiro atoms. The Kier molecular flexibility index (Phi) is 11.7. The second-order valence-electron chi connectivity index (χ2n) is 4.83. The van der Waals surface area contributed by atoms with Crippen molar-refractivity contribution < 1.29 is 23.7 Å². The predicted molar refractivity (Wildman–Crippen MR) is 99.4 cm³/mol. The average molecular weight is 373 g/mol. The van der Waals surface area contributed by atoms with E-state index in [4.69, 9.17) is 31.2 Å². The van der Waals surface area contributed by atoms with Crippen molar-refractivity contribution in [2.45, 2.75) is 19.1 Å². The molecule has 0 aliphatic rings. The van der Waals surface area contributed by atoms with Crippen molar-refractivity contribution in [3.05, 3.63) is 35.9 Å². The van der Waals surface area contributed by atoms with Gasteiger partial charge < -0.3 is 18.9 Å². The van der Waals surface area contributed by atoms with Crippen molar-refractivity contribution >= 4 is 34.1 Å². The van der Waals surface area contributed by atoms with Crippen molar-refractivity contribution in [3.8, 4) is 0 Å². The number of ether oxygens (including phenoxy) is 4. The van der Waals surface area contributed by atoms with Crippen LogP contribution < -0.4 is 0 Å². The summed E-state index contributed by atoms with van der Waals surface area (Å²) in [5.41, 5.74) is 1.18. The molecule has 7 heteroatoms. The van der Waals surface area contributed by atoms with Crippen LogP contribution in [0.15, 0.2) is 30.3 Å². The van der Waals surface area contributed by atoms with Crippen LogP contribution in [0.2, 0.25) is 0 Å². The number of rotatable bonds is 12. The van der Waals surface area contributed by atoms with Gasteiger partial charge in [-0.05, 0) is 5.56 Å². The van der Waals surface area contributed by atoms with E-state index < -0.39 is 6.29 Å². The lowest BCUT2D eigenvalue weighted by Gasteiger charge is -2.13. The Morgan fingerprint density at radius 1 is 1.17 bits per heavy atom. The number of carbonyl (C=O) groups is 1. The van der Waals surface area contributed by atoms with E-state index >= 15 is 0 Å². The van der Waals surface area contributed by atoms with Gasteiger partial charge in [-0.2, -0.15) is 0 Å². The summed E-state index contributed by atoms with van der Waals surface area (Å²) >= 11 is 6.84. The number of carbonyl (C=O) groups excluding carboxylic acids is 1. The lowest BCUT2D eigenvalue weighted by molar-refractivity contribution is -0.152. The second kappa shape index (κ2) is 13.3. The molecule has 0 amide bonds. The molecule has 0 aromatic heterocycles. The average Bonchev–Trinajstić information content (AvgIpc) is 2.59. The van der Waals surface area contributed by atoms with Crippen molar-refractivity contribution in [1.29, 1.82) is 0 Å². The van der Waals surface area contributed by atoms with E-state index in [1.165, 1.54) is 31.5 Å². The van der Waals surface area contributed by atoms with E-state index in [1.54, 1.807) is 0 Å². The number of esters is 1. The number of methoxy groups -OCH3 is 2. The zero-order valence-corrected chi connectivity index (χ0v) is 15.7. The van der Waals surface area contributed by atoms with Crippen LogP contribution in [0.4, 0.5) is 0 Å². The van der Waals surface area contributed by atoms with Crippen LogP contribution in [0.5, 0.6) is 0 Å². The summed E-state index contributed by atoms with van der Waals surface area (Å²) in [6.07, 6.45) is 0.671. The summed E-state index contributed by atoms with van der Waals surface area (Å²) in [6.45, 7) is 0.834. The molecule has 134 valence electrons. The van der Waals surface area contributed by atoms with Crippen molar-refractivity contribution in [3.63, 3.8) is 0 Å². The summed E-state index contributed by atoms with van der Waals surface area (Å²) in [5.74, 6) is 0.379. The monoisotopic (exact) mass is 372 g/mol. The molecule has 5 nitrogen and oxygen atoms in total. The van der Waals surface area contributed by atoms with Gasteiger partial charge in [0.2, 0.25) is 0 Å². The minimum absolute atomic E-state index is 0.220. The fourth-order valence-corrected chi connectivity index (χ4v) is 2.94. The van der Waals surface area contributed by atoms with E-state index in [2.05, 4.69) is 0 Å². The minimum atomic E-state index is -0.400. The van der Waals surface area contributed by atoms with Gasteiger partial charge in [0.05, 0.1) is 23.8 Å². The summed E-state index contributed by atoms with van der Waals surface area (Å²) in [5, 5.41) is 0. The lowest BCUT2D eigenvalue weighted by Crippen LogP contribution is -2.22. The zero-order valence-electron chi connectivity index (χ0n) is 14.1. The second-order valence-corrected chi connectivity index (χ2v) is 6.77. The summed E-state index contributed by atoms with van der Waals surface area (Å²) < 4.78 is 21.2. The Labute approximate surface area is 153 Å². The highest BCUT2D eigenvalue weighted by atomic mass is 32.2. The van der Waals surface area contributed by atoms with E-state index in [0.29, 0.717) is 25.4 Å². The first-order valence-corrected chi connectivity index (χ1v) is 9.03. The summed E-state index contributed by atoms with van der Waals surface area (Å²) in [6, 6.07) is 10.0. The third kappa shape index (κ3) is 10.00. The summed E-state index contributed by atoms with van der Waals surface area (Å²) in [7, 11) is 3.08. The van der Waals surface area contributed by atoms with Gasteiger partial charge in [-0.15, -0.1) is 11.8 Å². The molecule has 0 fully saturated rings. The maximum atomic E-state index is 11.6. The highest BCUT2D eigenvalue weighted by molar-refractivity contribution is 8.23. The number of hydrogen-bond donors (Lipinski definition) is 0. The molecule has 0 saturated carbocycles. The first-order chi connectivity index (χ1) is 11.7. The first kappa shape index (κ1) is 21.1. The van der Waals surface area contributed by atoms with Crippen LogP contribution in [0.25, 0.3) is 0 Å². The fraction of sp³-hybridized carbons (Fsp3) is 0.529. The topological polar surface area (TPSA) is 54.0 Å². The number of benzene rings is 1. The molecular weight excluding hydrogens is 348 g/mol. The quantitative estimate of drug-likeness (QED) is 0.242. The molecular formula is C17H24O5S2. The van der Waals surface area contributed by atoms with Crippen LogP contribution in [0, 0.1) is 0 Å². The smallest absolute Gasteiger partial charge is 0.306 e. The SMILES string of the molecule is COC(COCCOC(=O)CCSC(=S)Cc1ccccc1)OC. The lowest BCUT2D eigenvalue weighted by atomic mass is 10.2. The molecule has 0 unspecified atom stereocenters. The Balaban J connectivity index is 2.02. The molecule has 0 heterocycles. The van der Waals surface area contributed by atoms with Gasteiger partial charge in [-0.25, -0.2) is 0 Å². The Morgan fingerprint density at radius 3 is 2.54 bits per heavy atom. The largest absolute Gasteiger partial charge is 0.463 e. The maximum Gasteiger partial charge on any atom is 0.306 e. The fourth-order valence-electron chi connectivity index (χ4n) is 1.76. The Hall–Kier alpha value is -0.990. The van der Waals surface area contributed by atoms with Gasteiger partial charge in [0.15, 0.2) is 6.29 Å². The van der Waals surface area contributed by atoms with E-state index in [0.717, 1.165) is 10.6 Å².